The Hall–Kier alpha value is -1.02. The smallest absolute Gasteiger partial charge is 0.302 e. The molecule has 2 saturated heterocycles. The zero-order valence-corrected chi connectivity index (χ0v) is 21.7. The molecular formula is C25H46N2O5. The SMILES string of the molecule is CCC1(CCCC2(C)C(C)C(=O)CC(C)(C)N2O)CC(OC(C)=O)C(C)C(C)(CC)N1O. The highest BCUT2D eigenvalue weighted by Crippen LogP contribution is 2.49. The lowest BCUT2D eigenvalue weighted by atomic mass is 9.66. The first-order valence-electron chi connectivity index (χ1n) is 12.3. The first kappa shape index (κ1) is 27.2. The van der Waals surface area contributed by atoms with Crippen LogP contribution in [-0.4, -0.2) is 60.6 Å². The van der Waals surface area contributed by atoms with Gasteiger partial charge in [0.15, 0.2) is 0 Å². The van der Waals surface area contributed by atoms with Crippen LogP contribution in [0.3, 0.4) is 0 Å². The molecule has 2 heterocycles. The Morgan fingerprint density at radius 3 is 2.12 bits per heavy atom. The normalized spacial score (nSPS) is 41.0. The quantitative estimate of drug-likeness (QED) is 0.525. The molecule has 2 rings (SSSR count). The van der Waals surface area contributed by atoms with Crippen LogP contribution in [0.1, 0.15) is 107 Å². The molecule has 32 heavy (non-hydrogen) atoms. The molecule has 2 fully saturated rings. The number of hydrogen-bond donors (Lipinski definition) is 2. The summed E-state index contributed by atoms with van der Waals surface area (Å²) in [5.41, 5.74) is -2.33. The van der Waals surface area contributed by atoms with E-state index in [-0.39, 0.29) is 29.7 Å². The fourth-order valence-electron chi connectivity index (χ4n) is 6.25. The van der Waals surface area contributed by atoms with Crippen molar-refractivity contribution in [1.82, 2.24) is 10.1 Å². The Morgan fingerprint density at radius 1 is 1.03 bits per heavy atom. The molecule has 0 aliphatic carbocycles. The zero-order chi connectivity index (χ0) is 24.7. The van der Waals surface area contributed by atoms with E-state index in [0.717, 1.165) is 12.8 Å². The average molecular weight is 455 g/mol. The van der Waals surface area contributed by atoms with Crippen molar-refractivity contribution in [3.63, 3.8) is 0 Å². The van der Waals surface area contributed by atoms with Crippen molar-refractivity contribution in [1.29, 1.82) is 0 Å². The maximum Gasteiger partial charge on any atom is 0.302 e. The summed E-state index contributed by atoms with van der Waals surface area (Å²) in [7, 11) is 0. The lowest BCUT2D eigenvalue weighted by molar-refractivity contribution is -0.296. The molecule has 0 spiro atoms. The van der Waals surface area contributed by atoms with Gasteiger partial charge in [-0.2, -0.15) is 10.1 Å². The fourth-order valence-corrected chi connectivity index (χ4v) is 6.25. The second-order valence-electron chi connectivity index (χ2n) is 11.4. The van der Waals surface area contributed by atoms with E-state index in [1.807, 2.05) is 41.5 Å². The highest BCUT2D eigenvalue weighted by Gasteiger charge is 2.56. The number of ether oxygens (including phenoxy) is 1. The predicted molar refractivity (Wildman–Crippen MR) is 123 cm³/mol. The summed E-state index contributed by atoms with van der Waals surface area (Å²) in [4.78, 5) is 24.5. The Labute approximate surface area is 194 Å². The first-order chi connectivity index (χ1) is 14.6. The van der Waals surface area contributed by atoms with E-state index in [2.05, 4.69) is 13.8 Å². The Morgan fingerprint density at radius 2 is 1.62 bits per heavy atom. The first-order valence-corrected chi connectivity index (χ1v) is 12.3. The maximum absolute atomic E-state index is 12.7. The number of ketones is 1. The van der Waals surface area contributed by atoms with Gasteiger partial charge >= 0.3 is 5.97 Å². The summed E-state index contributed by atoms with van der Waals surface area (Å²) in [5.74, 6) is -0.401. The van der Waals surface area contributed by atoms with Crippen LogP contribution in [0.2, 0.25) is 0 Å². The lowest BCUT2D eigenvalue weighted by Gasteiger charge is -2.58. The Balaban J connectivity index is 2.28. The molecule has 7 nitrogen and oxygen atoms in total. The number of carbonyl (C=O) groups excluding carboxylic acids is 2. The molecule has 186 valence electrons. The Kier molecular flexibility index (Phi) is 7.93. The van der Waals surface area contributed by atoms with E-state index in [1.165, 1.54) is 12.0 Å². The number of hydroxylamine groups is 4. The summed E-state index contributed by atoms with van der Waals surface area (Å²) >= 11 is 0. The number of hydrogen-bond acceptors (Lipinski definition) is 7. The van der Waals surface area contributed by atoms with Crippen molar-refractivity contribution in [3.05, 3.63) is 0 Å². The van der Waals surface area contributed by atoms with Crippen LogP contribution in [0.15, 0.2) is 0 Å². The standard InChI is InChI=1S/C25H46N2O5/c1-10-23(8)18(4)21(32-19(5)28)16-25(11-2,27(23)31)14-12-13-24(9)17(3)20(29)15-22(6,7)26(24)30/h17-18,21,30-31H,10-16H2,1-9H3. The molecule has 0 saturated carbocycles. The number of Topliss-reactive ketones (excluding diaryl/α,β-unsaturated/α-hetero) is 1. The van der Waals surface area contributed by atoms with Crippen LogP contribution in [0.5, 0.6) is 0 Å². The molecule has 0 amide bonds. The van der Waals surface area contributed by atoms with Crippen LogP contribution in [0, 0.1) is 11.8 Å². The monoisotopic (exact) mass is 454 g/mol. The van der Waals surface area contributed by atoms with Crippen LogP contribution in [0.4, 0.5) is 0 Å². The van der Waals surface area contributed by atoms with E-state index < -0.39 is 22.2 Å². The molecule has 2 N–H and O–H groups in total. The third-order valence-corrected chi connectivity index (χ3v) is 9.15. The second kappa shape index (κ2) is 9.32. The molecule has 0 bridgehead atoms. The summed E-state index contributed by atoms with van der Waals surface area (Å²) in [6.07, 6.45) is 4.12. The van der Waals surface area contributed by atoms with Gasteiger partial charge in [0.05, 0.1) is 5.54 Å². The molecule has 7 heteroatoms. The van der Waals surface area contributed by atoms with Gasteiger partial charge in [-0.3, -0.25) is 9.59 Å². The minimum atomic E-state index is -0.667. The van der Waals surface area contributed by atoms with E-state index in [4.69, 9.17) is 4.74 Å². The van der Waals surface area contributed by atoms with Gasteiger partial charge in [0.1, 0.15) is 11.9 Å². The van der Waals surface area contributed by atoms with Crippen molar-refractivity contribution in [2.45, 2.75) is 136 Å². The van der Waals surface area contributed by atoms with E-state index in [0.29, 0.717) is 32.1 Å². The van der Waals surface area contributed by atoms with Crippen molar-refractivity contribution in [2.24, 2.45) is 11.8 Å². The van der Waals surface area contributed by atoms with Gasteiger partial charge < -0.3 is 15.2 Å². The van der Waals surface area contributed by atoms with Crippen molar-refractivity contribution in [3.8, 4) is 0 Å². The van der Waals surface area contributed by atoms with Crippen LogP contribution < -0.4 is 0 Å². The van der Waals surface area contributed by atoms with Gasteiger partial charge in [0.25, 0.3) is 0 Å². The highest BCUT2D eigenvalue weighted by molar-refractivity contribution is 5.84. The van der Waals surface area contributed by atoms with E-state index >= 15 is 0 Å². The van der Waals surface area contributed by atoms with Gasteiger partial charge in [0.2, 0.25) is 0 Å². The van der Waals surface area contributed by atoms with E-state index in [1.54, 1.807) is 5.06 Å². The molecule has 6 atom stereocenters. The average Bonchev–Trinajstić information content (AvgIpc) is 2.72. The lowest BCUT2D eigenvalue weighted by Crippen LogP contribution is -2.68. The van der Waals surface area contributed by atoms with Gasteiger partial charge in [-0.15, -0.1) is 0 Å². The minimum absolute atomic E-state index is 0.0108. The summed E-state index contributed by atoms with van der Waals surface area (Å²) in [6.45, 7) is 17.3. The molecular weight excluding hydrogens is 408 g/mol. The number of nitrogens with zero attached hydrogens (tertiary/aromatic N) is 2. The van der Waals surface area contributed by atoms with Gasteiger partial charge in [-0.1, -0.05) is 27.7 Å². The maximum atomic E-state index is 12.7. The molecule has 0 radical (unpaired) electrons. The molecule has 6 unspecified atom stereocenters. The zero-order valence-electron chi connectivity index (χ0n) is 21.7. The summed E-state index contributed by atoms with van der Waals surface area (Å²) in [6, 6.07) is 0. The minimum Gasteiger partial charge on any atom is -0.462 e. The number of rotatable bonds is 7. The van der Waals surface area contributed by atoms with Crippen molar-refractivity contribution < 1.29 is 24.7 Å². The largest absolute Gasteiger partial charge is 0.462 e. The molecule has 0 aromatic heterocycles. The van der Waals surface area contributed by atoms with Gasteiger partial charge in [-0.25, -0.2) is 0 Å². The van der Waals surface area contributed by atoms with Crippen LogP contribution in [0.25, 0.3) is 0 Å². The molecule has 0 aromatic carbocycles. The molecule has 2 aliphatic heterocycles. The topological polar surface area (TPSA) is 90.3 Å². The third-order valence-electron chi connectivity index (χ3n) is 9.15. The van der Waals surface area contributed by atoms with Gasteiger partial charge in [0, 0.05) is 48.2 Å². The molecule has 2 aliphatic rings. The number of esters is 1. The number of carbonyl (C=O) groups is 2. The van der Waals surface area contributed by atoms with Crippen LogP contribution in [-0.2, 0) is 14.3 Å². The van der Waals surface area contributed by atoms with Gasteiger partial charge in [-0.05, 0) is 59.8 Å². The van der Waals surface area contributed by atoms with Crippen molar-refractivity contribution in [2.75, 3.05) is 0 Å². The third kappa shape index (κ3) is 4.50. The Bertz CT molecular complexity index is 712. The fraction of sp³-hybridized carbons (Fsp3) is 0.920. The summed E-state index contributed by atoms with van der Waals surface area (Å²) < 4.78 is 5.73. The number of piperidine rings is 2. The van der Waals surface area contributed by atoms with Crippen LogP contribution >= 0.6 is 0 Å². The summed E-state index contributed by atoms with van der Waals surface area (Å²) in [5, 5.41) is 25.4. The second-order valence-corrected chi connectivity index (χ2v) is 11.4. The molecule has 0 aromatic rings. The van der Waals surface area contributed by atoms with E-state index in [9.17, 15) is 20.0 Å². The van der Waals surface area contributed by atoms with Crippen molar-refractivity contribution >= 4 is 11.8 Å². The highest BCUT2D eigenvalue weighted by atomic mass is 16.5. The predicted octanol–water partition coefficient (Wildman–Crippen LogP) is 4.97.